The summed E-state index contributed by atoms with van der Waals surface area (Å²) in [5, 5.41) is 4.34. The van der Waals surface area contributed by atoms with Gasteiger partial charge in [-0.1, -0.05) is 88.1 Å². The molecule has 0 aliphatic heterocycles. The Morgan fingerprint density at radius 2 is 1.36 bits per heavy atom. The maximum atomic E-state index is 4.34. The molecule has 0 unspecified atom stereocenters. The largest absolute Gasteiger partial charge is 0.306 e. The molecule has 2 nitrogen and oxygen atoms in total. The van der Waals surface area contributed by atoms with Crippen LogP contribution >= 0.6 is 0 Å². The molecule has 0 fully saturated rings. The van der Waals surface area contributed by atoms with E-state index in [2.05, 4.69) is 72.9 Å². The van der Waals surface area contributed by atoms with E-state index in [1.165, 1.54) is 55.2 Å². The lowest BCUT2D eigenvalue weighted by atomic mass is 10.1. The Kier molecular flexibility index (Phi) is 8.82. The third-order valence-electron chi connectivity index (χ3n) is 4.45. The van der Waals surface area contributed by atoms with Crippen molar-refractivity contribution >= 4 is 6.21 Å². The van der Waals surface area contributed by atoms with Crippen LogP contribution in [0.4, 0.5) is 0 Å². The summed E-state index contributed by atoms with van der Waals surface area (Å²) in [6.07, 6.45) is 10.7. The number of hydrazone groups is 1. The van der Waals surface area contributed by atoms with E-state index in [0.29, 0.717) is 0 Å². The molecule has 2 aromatic rings. The van der Waals surface area contributed by atoms with Crippen LogP contribution < -0.4 is 5.43 Å². The zero-order valence-corrected chi connectivity index (χ0v) is 15.8. The van der Waals surface area contributed by atoms with Crippen molar-refractivity contribution in [3.05, 3.63) is 70.8 Å². The first-order valence-corrected chi connectivity index (χ1v) is 9.74. The van der Waals surface area contributed by atoms with Gasteiger partial charge in [-0.2, -0.15) is 5.10 Å². The molecule has 0 spiro atoms. The van der Waals surface area contributed by atoms with Gasteiger partial charge in [0.15, 0.2) is 0 Å². The number of rotatable bonds is 11. The van der Waals surface area contributed by atoms with Crippen molar-refractivity contribution in [2.24, 2.45) is 5.10 Å². The number of hydrogen-bond donors (Lipinski definition) is 1. The Balaban J connectivity index is 1.72. The molecule has 0 amide bonds. The fourth-order valence-corrected chi connectivity index (χ4v) is 2.90. The van der Waals surface area contributed by atoms with Gasteiger partial charge in [-0.25, -0.2) is 0 Å². The number of nitrogens with zero attached hydrogens (tertiary/aromatic N) is 1. The quantitative estimate of drug-likeness (QED) is 0.309. The van der Waals surface area contributed by atoms with E-state index < -0.39 is 0 Å². The molecule has 0 aliphatic carbocycles. The van der Waals surface area contributed by atoms with Crippen molar-refractivity contribution in [1.29, 1.82) is 0 Å². The molecule has 2 heteroatoms. The van der Waals surface area contributed by atoms with E-state index in [1.807, 2.05) is 6.21 Å². The molecule has 0 aliphatic rings. The number of unbranched alkanes of at least 4 members (excludes halogenated alkanes) is 3. The van der Waals surface area contributed by atoms with Crippen molar-refractivity contribution < 1.29 is 0 Å². The first-order chi connectivity index (χ1) is 12.3. The van der Waals surface area contributed by atoms with Gasteiger partial charge in [0.05, 0.1) is 12.8 Å². The lowest BCUT2D eigenvalue weighted by molar-refractivity contribution is 0.667. The standard InChI is InChI=1S/C23H32N2/c1-3-5-6-7-9-21-12-16-23(17-13-21)19-25-24-18-22-14-10-20(8-4-2)11-15-22/h10-17,19,24H,3-9,18H2,1-2H3. The number of nitrogens with one attached hydrogen (secondary N) is 1. The van der Waals surface area contributed by atoms with Crippen molar-refractivity contribution in [1.82, 2.24) is 5.43 Å². The average molecular weight is 337 g/mol. The normalized spacial score (nSPS) is 11.1. The zero-order chi connectivity index (χ0) is 17.7. The highest BCUT2D eigenvalue weighted by Gasteiger charge is 1.95. The summed E-state index contributed by atoms with van der Waals surface area (Å²) in [5.74, 6) is 0. The Morgan fingerprint density at radius 3 is 2.04 bits per heavy atom. The third kappa shape index (κ3) is 7.55. The van der Waals surface area contributed by atoms with Gasteiger partial charge in [0.25, 0.3) is 0 Å². The van der Waals surface area contributed by atoms with E-state index in [0.717, 1.165) is 18.5 Å². The van der Waals surface area contributed by atoms with Gasteiger partial charge in [0, 0.05) is 0 Å². The Morgan fingerprint density at radius 1 is 0.720 bits per heavy atom. The molecule has 25 heavy (non-hydrogen) atoms. The van der Waals surface area contributed by atoms with E-state index in [-0.39, 0.29) is 0 Å². The topological polar surface area (TPSA) is 24.4 Å². The van der Waals surface area contributed by atoms with E-state index in [1.54, 1.807) is 0 Å². The molecule has 2 aromatic carbocycles. The monoisotopic (exact) mass is 336 g/mol. The van der Waals surface area contributed by atoms with Crippen LogP contribution in [0.25, 0.3) is 0 Å². The van der Waals surface area contributed by atoms with Gasteiger partial charge in [-0.3, -0.25) is 0 Å². The summed E-state index contributed by atoms with van der Waals surface area (Å²) in [7, 11) is 0. The number of benzene rings is 2. The van der Waals surface area contributed by atoms with Crippen molar-refractivity contribution in [3.8, 4) is 0 Å². The molecule has 0 saturated heterocycles. The van der Waals surface area contributed by atoms with Crippen LogP contribution in [-0.2, 0) is 19.4 Å². The Labute approximate surface area is 153 Å². The highest BCUT2D eigenvalue weighted by molar-refractivity contribution is 5.79. The molecule has 0 aromatic heterocycles. The minimum atomic E-state index is 0.762. The van der Waals surface area contributed by atoms with Gasteiger partial charge < -0.3 is 5.43 Å². The second-order valence-electron chi connectivity index (χ2n) is 6.71. The van der Waals surface area contributed by atoms with Crippen LogP contribution in [0.2, 0.25) is 0 Å². The summed E-state index contributed by atoms with van der Waals surface area (Å²) in [6.45, 7) is 5.23. The summed E-state index contributed by atoms with van der Waals surface area (Å²) >= 11 is 0. The molecule has 2 rings (SSSR count). The number of aryl methyl sites for hydroxylation is 2. The summed E-state index contributed by atoms with van der Waals surface area (Å²) in [5.41, 5.74) is 8.37. The second-order valence-corrected chi connectivity index (χ2v) is 6.71. The van der Waals surface area contributed by atoms with Gasteiger partial charge in [-0.05, 0) is 41.5 Å². The fourth-order valence-electron chi connectivity index (χ4n) is 2.90. The van der Waals surface area contributed by atoms with Gasteiger partial charge >= 0.3 is 0 Å². The van der Waals surface area contributed by atoms with Crippen molar-refractivity contribution in [2.45, 2.75) is 65.3 Å². The summed E-state index contributed by atoms with van der Waals surface area (Å²) in [6, 6.07) is 17.5. The molecule has 0 radical (unpaired) electrons. The highest BCUT2D eigenvalue weighted by atomic mass is 15.3. The smallest absolute Gasteiger partial charge is 0.0580 e. The first kappa shape index (κ1) is 19.2. The van der Waals surface area contributed by atoms with Gasteiger partial charge in [0.2, 0.25) is 0 Å². The van der Waals surface area contributed by atoms with Crippen LogP contribution in [0.3, 0.4) is 0 Å². The minimum absolute atomic E-state index is 0.762. The van der Waals surface area contributed by atoms with Crippen molar-refractivity contribution in [3.63, 3.8) is 0 Å². The first-order valence-electron chi connectivity index (χ1n) is 9.74. The zero-order valence-electron chi connectivity index (χ0n) is 15.8. The predicted octanol–water partition coefficient (Wildman–Crippen LogP) is 5.89. The van der Waals surface area contributed by atoms with Crippen LogP contribution in [0, 0.1) is 0 Å². The molecule has 0 bridgehead atoms. The molecule has 0 saturated carbocycles. The molecule has 0 atom stereocenters. The summed E-state index contributed by atoms with van der Waals surface area (Å²) in [4.78, 5) is 0. The van der Waals surface area contributed by atoms with Gasteiger partial charge in [0.1, 0.15) is 0 Å². The minimum Gasteiger partial charge on any atom is -0.306 e. The third-order valence-corrected chi connectivity index (χ3v) is 4.45. The lowest BCUT2D eigenvalue weighted by Crippen LogP contribution is -2.05. The van der Waals surface area contributed by atoms with Crippen LogP contribution in [0.1, 0.15) is 68.2 Å². The van der Waals surface area contributed by atoms with E-state index >= 15 is 0 Å². The Hall–Kier alpha value is -2.09. The predicted molar refractivity (Wildman–Crippen MR) is 109 cm³/mol. The maximum absolute atomic E-state index is 4.34. The van der Waals surface area contributed by atoms with Crippen LogP contribution in [-0.4, -0.2) is 6.21 Å². The van der Waals surface area contributed by atoms with Crippen LogP contribution in [0.15, 0.2) is 53.6 Å². The SMILES string of the molecule is CCCCCCc1ccc(C=NNCc2ccc(CCC)cc2)cc1. The fraction of sp³-hybridized carbons (Fsp3) is 0.435. The molecule has 134 valence electrons. The van der Waals surface area contributed by atoms with Gasteiger partial charge in [-0.15, -0.1) is 0 Å². The molecule has 1 N–H and O–H groups in total. The van der Waals surface area contributed by atoms with E-state index in [9.17, 15) is 0 Å². The Bertz CT molecular complexity index is 612. The molecular weight excluding hydrogens is 304 g/mol. The lowest BCUT2D eigenvalue weighted by Gasteiger charge is -2.04. The van der Waals surface area contributed by atoms with Crippen molar-refractivity contribution in [2.75, 3.05) is 0 Å². The maximum Gasteiger partial charge on any atom is 0.0580 e. The average Bonchev–Trinajstić information content (AvgIpc) is 2.65. The van der Waals surface area contributed by atoms with Crippen LogP contribution in [0.5, 0.6) is 0 Å². The second kappa shape index (κ2) is 11.5. The highest BCUT2D eigenvalue weighted by Crippen LogP contribution is 2.09. The number of hydrogen-bond acceptors (Lipinski definition) is 2. The molecular formula is C23H32N2. The van der Waals surface area contributed by atoms with E-state index in [4.69, 9.17) is 0 Å². The molecule has 0 heterocycles. The summed E-state index contributed by atoms with van der Waals surface area (Å²) < 4.78 is 0.